The summed E-state index contributed by atoms with van der Waals surface area (Å²) < 4.78 is 5.61. The third kappa shape index (κ3) is 4.86. The fourth-order valence-corrected chi connectivity index (χ4v) is 3.44. The summed E-state index contributed by atoms with van der Waals surface area (Å²) in [6.45, 7) is 6.71. The highest BCUT2D eigenvalue weighted by Gasteiger charge is 2.26. The molecule has 1 fully saturated rings. The minimum absolute atomic E-state index is 0.395. The minimum atomic E-state index is -0.575. The Balaban J connectivity index is 1.89. The molecule has 1 amide bonds. The van der Waals surface area contributed by atoms with Crippen molar-refractivity contribution in [1.29, 1.82) is 0 Å². The van der Waals surface area contributed by atoms with Gasteiger partial charge in [0.2, 0.25) is 0 Å². The average Bonchev–Trinajstić information content (AvgIpc) is 2.62. The number of piperidine rings is 1. The molecule has 0 radical (unpaired) electrons. The molecule has 0 saturated carbocycles. The quantitative estimate of drug-likeness (QED) is 0.737. The number of hydrogen-bond donors (Lipinski definition) is 0. The maximum absolute atomic E-state index is 12.9. The summed E-state index contributed by atoms with van der Waals surface area (Å²) in [5.41, 5.74) is 1.36. The van der Waals surface area contributed by atoms with Crippen LogP contribution >= 0.6 is 0 Å². The van der Waals surface area contributed by atoms with Crippen LogP contribution in [-0.2, 0) is 4.74 Å². The first-order valence-corrected chi connectivity index (χ1v) is 9.59. The summed E-state index contributed by atoms with van der Waals surface area (Å²) >= 11 is 0. The summed E-state index contributed by atoms with van der Waals surface area (Å²) in [6.07, 6.45) is 5.10. The largest absolute Gasteiger partial charge is 0.443 e. The van der Waals surface area contributed by atoms with Crippen molar-refractivity contribution in [2.24, 2.45) is 0 Å². The molecule has 1 aromatic carbocycles. The van der Waals surface area contributed by atoms with Gasteiger partial charge >= 0.3 is 6.09 Å². The van der Waals surface area contributed by atoms with Crippen molar-refractivity contribution in [3.63, 3.8) is 0 Å². The summed E-state index contributed by atoms with van der Waals surface area (Å²) in [7, 11) is 2.16. The molecule has 144 valence electrons. The number of carbonyl (C=O) groups excluding carboxylic acids is 1. The van der Waals surface area contributed by atoms with E-state index in [1.807, 2.05) is 63.4 Å². The van der Waals surface area contributed by atoms with Gasteiger partial charge in [-0.3, -0.25) is 4.90 Å². The van der Waals surface area contributed by atoms with Crippen LogP contribution in [0.15, 0.2) is 48.7 Å². The van der Waals surface area contributed by atoms with Gasteiger partial charge in [-0.1, -0.05) is 30.7 Å². The van der Waals surface area contributed by atoms with Crippen molar-refractivity contribution in [2.75, 3.05) is 18.5 Å². The zero-order valence-corrected chi connectivity index (χ0v) is 16.7. The number of rotatable bonds is 3. The van der Waals surface area contributed by atoms with Crippen LogP contribution in [0.4, 0.5) is 16.3 Å². The van der Waals surface area contributed by atoms with E-state index in [4.69, 9.17) is 4.74 Å². The van der Waals surface area contributed by atoms with Crippen LogP contribution in [0.2, 0.25) is 0 Å². The predicted octanol–water partition coefficient (Wildman–Crippen LogP) is 5.31. The van der Waals surface area contributed by atoms with Crippen LogP contribution in [0.5, 0.6) is 0 Å². The van der Waals surface area contributed by atoms with Crippen LogP contribution in [-0.4, -0.2) is 35.2 Å². The van der Waals surface area contributed by atoms with Crippen molar-refractivity contribution < 1.29 is 9.53 Å². The van der Waals surface area contributed by atoms with E-state index in [2.05, 4.69) is 23.0 Å². The monoisotopic (exact) mass is 367 g/mol. The molecule has 1 aliphatic heterocycles. The lowest BCUT2D eigenvalue weighted by Gasteiger charge is -2.33. The Morgan fingerprint density at radius 1 is 1.15 bits per heavy atom. The Hall–Kier alpha value is -2.40. The molecule has 1 saturated heterocycles. The number of likely N-dealkylation sites (tertiary alicyclic amines) is 1. The van der Waals surface area contributed by atoms with E-state index in [9.17, 15) is 4.79 Å². The number of ether oxygens (including phenoxy) is 1. The van der Waals surface area contributed by atoms with Crippen LogP contribution in [0.25, 0.3) is 0 Å². The van der Waals surface area contributed by atoms with E-state index in [-0.39, 0.29) is 0 Å². The van der Waals surface area contributed by atoms with Gasteiger partial charge < -0.3 is 4.74 Å². The molecule has 0 aliphatic carbocycles. The molecule has 5 heteroatoms. The topological polar surface area (TPSA) is 45.7 Å². The standard InChI is InChI=1S/C22H29N3O2/c1-22(2,3)27-21(26)25(18-10-6-5-7-11-18)20-14-13-17(16-23-20)19-12-8-9-15-24(19)4/h5-7,10-11,13-14,16,19H,8-9,12,15H2,1-4H3/t19-/m1/s1. The van der Waals surface area contributed by atoms with E-state index in [0.29, 0.717) is 11.9 Å². The number of aromatic nitrogens is 1. The van der Waals surface area contributed by atoms with E-state index < -0.39 is 11.7 Å². The van der Waals surface area contributed by atoms with E-state index in [0.717, 1.165) is 18.7 Å². The Morgan fingerprint density at radius 2 is 1.89 bits per heavy atom. The second kappa shape index (κ2) is 8.09. The van der Waals surface area contributed by atoms with Crippen molar-refractivity contribution in [3.8, 4) is 0 Å². The van der Waals surface area contributed by atoms with E-state index in [1.54, 1.807) is 0 Å². The number of hydrogen-bond acceptors (Lipinski definition) is 4. The molecular weight excluding hydrogens is 338 g/mol. The number of nitrogens with zero attached hydrogens (tertiary/aromatic N) is 3. The summed E-state index contributed by atoms with van der Waals surface area (Å²) in [5, 5.41) is 0. The maximum atomic E-state index is 12.9. The molecule has 0 bridgehead atoms. The summed E-state index contributed by atoms with van der Waals surface area (Å²) in [5.74, 6) is 0.567. The second-order valence-electron chi connectivity index (χ2n) is 8.09. The van der Waals surface area contributed by atoms with Crippen molar-refractivity contribution >= 4 is 17.6 Å². The van der Waals surface area contributed by atoms with Crippen LogP contribution < -0.4 is 4.90 Å². The zero-order valence-electron chi connectivity index (χ0n) is 16.7. The molecule has 1 aliphatic rings. The summed E-state index contributed by atoms with van der Waals surface area (Å²) in [4.78, 5) is 21.4. The predicted molar refractivity (Wildman–Crippen MR) is 108 cm³/mol. The first-order valence-electron chi connectivity index (χ1n) is 9.59. The highest BCUT2D eigenvalue weighted by molar-refractivity contribution is 5.95. The number of anilines is 2. The molecule has 0 N–H and O–H groups in total. The molecule has 3 rings (SSSR count). The van der Waals surface area contributed by atoms with Gasteiger partial charge in [-0.15, -0.1) is 0 Å². The molecule has 1 aromatic heterocycles. The smallest absolute Gasteiger partial charge is 0.420 e. The van der Waals surface area contributed by atoms with Gasteiger partial charge in [0, 0.05) is 12.2 Å². The number of carbonyl (C=O) groups is 1. The van der Waals surface area contributed by atoms with E-state index >= 15 is 0 Å². The Bertz CT molecular complexity index is 753. The van der Waals surface area contributed by atoms with Gasteiger partial charge in [-0.25, -0.2) is 14.7 Å². The number of para-hydroxylation sites is 1. The van der Waals surface area contributed by atoms with Gasteiger partial charge in [-0.2, -0.15) is 0 Å². The highest BCUT2D eigenvalue weighted by atomic mass is 16.6. The zero-order chi connectivity index (χ0) is 19.4. The van der Waals surface area contributed by atoms with Crippen molar-refractivity contribution in [3.05, 3.63) is 54.2 Å². The van der Waals surface area contributed by atoms with E-state index in [1.165, 1.54) is 23.3 Å². The molecule has 0 unspecified atom stereocenters. The molecule has 0 spiro atoms. The van der Waals surface area contributed by atoms with Crippen LogP contribution in [0.1, 0.15) is 51.6 Å². The van der Waals surface area contributed by atoms with Gasteiger partial charge in [0.1, 0.15) is 11.4 Å². The summed E-state index contributed by atoms with van der Waals surface area (Å²) in [6, 6.07) is 13.9. The lowest BCUT2D eigenvalue weighted by Crippen LogP contribution is -2.34. The third-order valence-corrected chi connectivity index (χ3v) is 4.75. The fourth-order valence-electron chi connectivity index (χ4n) is 3.44. The third-order valence-electron chi connectivity index (χ3n) is 4.75. The fraction of sp³-hybridized carbons (Fsp3) is 0.455. The lowest BCUT2D eigenvalue weighted by molar-refractivity contribution is 0.0598. The average molecular weight is 367 g/mol. The van der Waals surface area contributed by atoms with Gasteiger partial charge in [0.25, 0.3) is 0 Å². The normalized spacial score (nSPS) is 18.1. The maximum Gasteiger partial charge on any atom is 0.420 e. The Kier molecular flexibility index (Phi) is 5.80. The first kappa shape index (κ1) is 19.4. The lowest BCUT2D eigenvalue weighted by atomic mass is 9.97. The molecule has 27 heavy (non-hydrogen) atoms. The Morgan fingerprint density at radius 3 is 2.48 bits per heavy atom. The molecule has 1 atom stereocenters. The van der Waals surface area contributed by atoms with Crippen molar-refractivity contribution in [2.45, 2.75) is 51.7 Å². The SMILES string of the molecule is CN1CCCC[C@@H]1c1ccc(N(C(=O)OC(C)(C)C)c2ccccc2)nc1. The highest BCUT2D eigenvalue weighted by Crippen LogP contribution is 2.31. The van der Waals surface area contributed by atoms with Crippen molar-refractivity contribution in [1.82, 2.24) is 9.88 Å². The molecule has 5 nitrogen and oxygen atoms in total. The molecule has 2 heterocycles. The first-order chi connectivity index (χ1) is 12.8. The minimum Gasteiger partial charge on any atom is -0.443 e. The number of benzene rings is 1. The second-order valence-corrected chi connectivity index (χ2v) is 8.09. The van der Waals surface area contributed by atoms with Gasteiger partial charge in [-0.05, 0) is 71.0 Å². The number of amides is 1. The van der Waals surface area contributed by atoms with Gasteiger partial charge in [0.05, 0.1) is 5.69 Å². The van der Waals surface area contributed by atoms with Gasteiger partial charge in [0.15, 0.2) is 0 Å². The Labute approximate surface area is 162 Å². The van der Waals surface area contributed by atoms with Crippen LogP contribution in [0, 0.1) is 0 Å². The van der Waals surface area contributed by atoms with Crippen LogP contribution in [0.3, 0.4) is 0 Å². The molecule has 2 aromatic rings. The number of pyridine rings is 1. The molecular formula is C22H29N3O2.